The normalized spacial score (nSPS) is 10.5. The minimum atomic E-state index is -1.12. The summed E-state index contributed by atoms with van der Waals surface area (Å²) >= 11 is 3.85. The van der Waals surface area contributed by atoms with Gasteiger partial charge in [0.2, 0.25) is 0 Å². The molecule has 0 fully saturated rings. The maximum Gasteiger partial charge on any atom is 0.321 e. The van der Waals surface area contributed by atoms with Crippen molar-refractivity contribution in [3.05, 3.63) is 59.7 Å². The zero-order valence-electron chi connectivity index (χ0n) is 14.7. The zero-order valence-corrected chi connectivity index (χ0v) is 19.0. The first kappa shape index (κ1) is 22.6. The number of halogens is 2. The van der Waals surface area contributed by atoms with Crippen molar-refractivity contribution in [2.24, 2.45) is 0 Å². The maximum absolute atomic E-state index is 11.4. The molecule has 0 aromatic heterocycles. The van der Waals surface area contributed by atoms with E-state index >= 15 is 0 Å². The van der Waals surface area contributed by atoms with Crippen LogP contribution in [-0.2, 0) is 14.4 Å². The van der Waals surface area contributed by atoms with Crippen molar-refractivity contribution in [3.8, 4) is 11.5 Å². The van der Waals surface area contributed by atoms with Gasteiger partial charge in [-0.15, -0.1) is 0 Å². The Hall–Kier alpha value is -1.69. The summed E-state index contributed by atoms with van der Waals surface area (Å²) in [7, 11) is 0. The van der Waals surface area contributed by atoms with E-state index in [0.29, 0.717) is 17.9 Å². The Kier molecular flexibility index (Phi) is 9.16. The molecule has 6 nitrogen and oxygen atoms in total. The minimum absolute atomic E-state index is 0.0954. The number of carbonyl (C=O) groups excluding carboxylic acids is 3. The molecule has 0 aliphatic carbocycles. The zero-order chi connectivity index (χ0) is 20.5. The first-order valence-electron chi connectivity index (χ1n) is 8.36. The van der Waals surface area contributed by atoms with Gasteiger partial charge in [0.15, 0.2) is 0 Å². The molecule has 0 amide bonds. The monoisotopic (exact) mass is 607 g/mol. The molecule has 0 spiro atoms. The summed E-state index contributed by atoms with van der Waals surface area (Å²) in [6, 6.07) is 14.0. The molecule has 0 heterocycles. The number of alkyl halides is 2. The highest BCUT2D eigenvalue weighted by Gasteiger charge is 2.15. The summed E-state index contributed by atoms with van der Waals surface area (Å²) in [4.78, 5) is 33.7. The van der Waals surface area contributed by atoms with Crippen LogP contribution < -0.4 is 14.6 Å². The van der Waals surface area contributed by atoms with E-state index in [2.05, 4.69) is 0 Å². The number of benzene rings is 2. The summed E-state index contributed by atoms with van der Waals surface area (Å²) in [5.74, 6) is -1.11. The number of aliphatic carboxylic acids is 1. The van der Waals surface area contributed by atoms with Crippen LogP contribution in [0, 0.1) is 0 Å². The van der Waals surface area contributed by atoms with Crippen molar-refractivity contribution >= 4 is 63.1 Å². The highest BCUT2D eigenvalue weighted by atomic mass is 127. The van der Waals surface area contributed by atoms with Gasteiger partial charge in [0.05, 0.1) is 8.86 Å². The highest BCUT2D eigenvalue weighted by molar-refractivity contribution is 14.1. The average Bonchev–Trinajstić information content (AvgIpc) is 2.70. The highest BCUT2D eigenvalue weighted by Crippen LogP contribution is 2.31. The average molecular weight is 607 g/mol. The number of hydrogen-bond donors (Lipinski definition) is 0. The molecule has 0 atom stereocenters. The van der Waals surface area contributed by atoms with Gasteiger partial charge in [0, 0.05) is 11.9 Å². The molecule has 2 aromatic carbocycles. The SMILES string of the molecule is O=C([O-])CCC(c1ccc(OC(=O)CI)cc1)c1ccc(OC(=O)CI)cc1. The summed E-state index contributed by atoms with van der Waals surface area (Å²) in [5, 5.41) is 11.0. The van der Waals surface area contributed by atoms with Crippen molar-refractivity contribution in [2.45, 2.75) is 18.8 Å². The van der Waals surface area contributed by atoms with Gasteiger partial charge in [-0.1, -0.05) is 69.4 Å². The second kappa shape index (κ2) is 11.3. The van der Waals surface area contributed by atoms with Crippen LogP contribution in [0.15, 0.2) is 48.5 Å². The summed E-state index contributed by atoms with van der Waals surface area (Å²) in [5.41, 5.74) is 1.76. The number of carbonyl (C=O) groups is 3. The van der Waals surface area contributed by atoms with Gasteiger partial charge < -0.3 is 19.4 Å². The summed E-state index contributed by atoms with van der Waals surface area (Å²) in [6.45, 7) is 0. The lowest BCUT2D eigenvalue weighted by Crippen LogP contribution is -2.22. The van der Waals surface area contributed by atoms with E-state index in [4.69, 9.17) is 9.47 Å². The molecular formula is C20H17I2O6-. The molecular weight excluding hydrogens is 590 g/mol. The second-order valence-electron chi connectivity index (χ2n) is 5.82. The Morgan fingerprint density at radius 1 is 0.786 bits per heavy atom. The molecule has 0 N–H and O–H groups in total. The van der Waals surface area contributed by atoms with Crippen molar-refractivity contribution < 1.29 is 29.0 Å². The van der Waals surface area contributed by atoms with E-state index < -0.39 is 5.97 Å². The molecule has 2 aromatic rings. The third-order valence-electron chi connectivity index (χ3n) is 3.88. The predicted octanol–water partition coefficient (Wildman–Crippen LogP) is 3.03. The smallest absolute Gasteiger partial charge is 0.321 e. The quantitative estimate of drug-likeness (QED) is 0.189. The van der Waals surface area contributed by atoms with Crippen molar-refractivity contribution in [1.82, 2.24) is 0 Å². The topological polar surface area (TPSA) is 92.7 Å². The van der Waals surface area contributed by atoms with Crippen LogP contribution in [0.1, 0.15) is 29.9 Å². The fourth-order valence-electron chi connectivity index (χ4n) is 2.64. The standard InChI is InChI=1S/C20H18I2O6/c21-11-19(25)27-15-5-1-13(2-6-15)17(9-10-18(23)24)14-3-7-16(8-4-14)28-20(26)12-22/h1-8,17H,9-12H2,(H,23,24)/p-1. The Balaban J connectivity index is 2.22. The summed E-state index contributed by atoms with van der Waals surface area (Å²) in [6.07, 6.45) is 0.254. The van der Waals surface area contributed by atoms with Gasteiger partial charge in [-0.2, -0.15) is 0 Å². The van der Waals surface area contributed by atoms with Gasteiger partial charge in [-0.3, -0.25) is 9.59 Å². The van der Waals surface area contributed by atoms with Crippen LogP contribution in [0.3, 0.4) is 0 Å². The number of carboxylic acids is 1. The van der Waals surface area contributed by atoms with Crippen LogP contribution in [0.4, 0.5) is 0 Å². The molecule has 0 aliphatic heterocycles. The van der Waals surface area contributed by atoms with Crippen LogP contribution >= 0.6 is 45.2 Å². The fourth-order valence-corrected chi connectivity index (χ4v) is 2.95. The van der Waals surface area contributed by atoms with Crippen LogP contribution in [-0.4, -0.2) is 26.8 Å². The van der Waals surface area contributed by atoms with Crippen LogP contribution in [0.2, 0.25) is 0 Å². The number of ether oxygens (including phenoxy) is 2. The molecule has 0 unspecified atom stereocenters. The molecule has 0 bridgehead atoms. The third-order valence-corrected chi connectivity index (χ3v) is 5.13. The van der Waals surface area contributed by atoms with Crippen molar-refractivity contribution in [3.63, 3.8) is 0 Å². The molecule has 28 heavy (non-hydrogen) atoms. The lowest BCUT2D eigenvalue weighted by Gasteiger charge is -2.19. The lowest BCUT2D eigenvalue weighted by molar-refractivity contribution is -0.305. The fraction of sp³-hybridized carbons (Fsp3) is 0.250. The minimum Gasteiger partial charge on any atom is -0.550 e. The van der Waals surface area contributed by atoms with E-state index in [0.717, 1.165) is 11.1 Å². The third kappa shape index (κ3) is 7.04. The number of carboxylic acid groups (broad SMARTS) is 1. The lowest BCUT2D eigenvalue weighted by atomic mass is 9.87. The Morgan fingerprint density at radius 3 is 1.50 bits per heavy atom. The van der Waals surface area contributed by atoms with E-state index in [9.17, 15) is 19.5 Å². The summed E-state index contributed by atoms with van der Waals surface area (Å²) < 4.78 is 10.8. The maximum atomic E-state index is 11.4. The second-order valence-corrected chi connectivity index (χ2v) is 7.34. The Morgan fingerprint density at radius 2 is 1.18 bits per heavy atom. The van der Waals surface area contributed by atoms with Gasteiger partial charge in [0.25, 0.3) is 0 Å². The number of hydrogen-bond acceptors (Lipinski definition) is 6. The molecule has 2 rings (SSSR count). The Bertz CT molecular complexity index is 756. The number of rotatable bonds is 9. The first-order valence-corrected chi connectivity index (χ1v) is 11.4. The van der Waals surface area contributed by atoms with Crippen molar-refractivity contribution in [2.75, 3.05) is 8.86 Å². The molecule has 0 saturated heterocycles. The van der Waals surface area contributed by atoms with Gasteiger partial charge in [-0.25, -0.2) is 0 Å². The van der Waals surface area contributed by atoms with Crippen LogP contribution in [0.25, 0.3) is 0 Å². The molecule has 148 valence electrons. The first-order chi connectivity index (χ1) is 13.4. The van der Waals surface area contributed by atoms with Crippen molar-refractivity contribution in [1.29, 1.82) is 0 Å². The molecule has 0 aliphatic rings. The van der Waals surface area contributed by atoms with Gasteiger partial charge in [0.1, 0.15) is 11.5 Å². The molecule has 0 saturated carbocycles. The molecule has 8 heteroatoms. The van der Waals surface area contributed by atoms with E-state index in [-0.39, 0.29) is 33.1 Å². The Labute approximate surface area is 189 Å². The van der Waals surface area contributed by atoms with Gasteiger partial charge >= 0.3 is 11.9 Å². The molecule has 0 radical (unpaired) electrons. The van der Waals surface area contributed by atoms with E-state index in [1.54, 1.807) is 48.5 Å². The van der Waals surface area contributed by atoms with Crippen LogP contribution in [0.5, 0.6) is 11.5 Å². The number of esters is 2. The largest absolute Gasteiger partial charge is 0.550 e. The predicted molar refractivity (Wildman–Crippen MR) is 118 cm³/mol. The van der Waals surface area contributed by atoms with E-state index in [1.807, 2.05) is 45.2 Å². The van der Waals surface area contributed by atoms with Gasteiger partial charge in [-0.05, 0) is 48.2 Å². The van der Waals surface area contributed by atoms with E-state index in [1.165, 1.54) is 0 Å².